The van der Waals surface area contributed by atoms with Crippen molar-refractivity contribution in [2.45, 2.75) is 38.9 Å². The van der Waals surface area contributed by atoms with Crippen molar-refractivity contribution in [1.82, 2.24) is 20.2 Å². The zero-order valence-electron chi connectivity index (χ0n) is 17.4. The van der Waals surface area contributed by atoms with Gasteiger partial charge in [0.25, 0.3) is 5.56 Å². The number of carbonyl (C=O) groups excluding carboxylic acids is 2. The third-order valence-electron chi connectivity index (χ3n) is 4.68. The van der Waals surface area contributed by atoms with Gasteiger partial charge >= 0.3 is 12.0 Å². The lowest BCUT2D eigenvalue weighted by atomic mass is 10.1. The highest BCUT2D eigenvalue weighted by atomic mass is 32.2. The van der Waals surface area contributed by atoms with Crippen LogP contribution in [0, 0.1) is 5.92 Å². The lowest BCUT2D eigenvalue weighted by molar-refractivity contribution is -0.138. The molecule has 0 aliphatic carbocycles. The van der Waals surface area contributed by atoms with E-state index in [2.05, 4.69) is 29.5 Å². The smallest absolute Gasteiger partial charge is 0.337 e. The quantitative estimate of drug-likeness (QED) is 0.379. The Labute approximate surface area is 179 Å². The number of amides is 2. The normalized spacial score (nSPS) is 14.1. The van der Waals surface area contributed by atoms with Crippen LogP contribution in [-0.2, 0) is 16.1 Å². The lowest BCUT2D eigenvalue weighted by Crippen LogP contribution is -2.44. The first-order chi connectivity index (χ1) is 14.4. The number of hydrogen-bond donors (Lipinski definition) is 2. The minimum atomic E-state index is -0.468. The Kier molecular flexibility index (Phi) is 7.15. The van der Waals surface area contributed by atoms with E-state index in [1.807, 2.05) is 18.2 Å². The minimum Gasteiger partial charge on any atom is -0.463 e. The Hall–Kier alpha value is -2.81. The Morgan fingerprint density at radius 1 is 1.30 bits per heavy atom. The van der Waals surface area contributed by atoms with E-state index in [0.29, 0.717) is 39.8 Å². The number of aromatic nitrogens is 2. The van der Waals surface area contributed by atoms with Crippen molar-refractivity contribution in [2.75, 3.05) is 18.9 Å². The minimum absolute atomic E-state index is 0.0855. The highest BCUT2D eigenvalue weighted by molar-refractivity contribution is 7.99. The molecule has 2 heterocycles. The standard InChI is InChI=1S/C21H26N4O4S/c1-4-29-19(27)15-11-22-20(28)23-17(15)12-30-21-24-16-8-6-5-7-14(16)18(26)25(21)10-9-13(2)3/h5-8,13H,4,9-12H2,1-3H3,(H2,22,23,28). The molecule has 0 bridgehead atoms. The van der Waals surface area contributed by atoms with Gasteiger partial charge in [0.2, 0.25) is 0 Å². The number of fused-ring (bicyclic) bond motifs is 1. The van der Waals surface area contributed by atoms with Crippen LogP contribution >= 0.6 is 11.8 Å². The van der Waals surface area contributed by atoms with E-state index < -0.39 is 5.97 Å². The van der Waals surface area contributed by atoms with Crippen molar-refractivity contribution in [2.24, 2.45) is 5.92 Å². The fourth-order valence-corrected chi connectivity index (χ4v) is 4.06. The average molecular weight is 431 g/mol. The van der Waals surface area contributed by atoms with Gasteiger partial charge in [0.05, 0.1) is 29.6 Å². The topological polar surface area (TPSA) is 102 Å². The van der Waals surface area contributed by atoms with Crippen molar-refractivity contribution in [1.29, 1.82) is 0 Å². The van der Waals surface area contributed by atoms with Crippen LogP contribution in [-0.4, -0.2) is 40.5 Å². The zero-order chi connectivity index (χ0) is 21.7. The summed E-state index contributed by atoms with van der Waals surface area (Å²) in [6, 6.07) is 6.88. The molecule has 1 aliphatic heterocycles. The second-order valence-electron chi connectivity index (χ2n) is 7.32. The number of nitrogens with one attached hydrogen (secondary N) is 2. The fraction of sp³-hybridized carbons (Fsp3) is 0.429. The van der Waals surface area contributed by atoms with Crippen molar-refractivity contribution < 1.29 is 14.3 Å². The van der Waals surface area contributed by atoms with Gasteiger partial charge in [-0.3, -0.25) is 9.36 Å². The Bertz CT molecular complexity index is 1040. The third-order valence-corrected chi connectivity index (χ3v) is 5.68. The number of urea groups is 1. The molecular weight excluding hydrogens is 404 g/mol. The molecular formula is C21H26N4O4S. The zero-order valence-corrected chi connectivity index (χ0v) is 18.2. The Morgan fingerprint density at radius 2 is 2.07 bits per heavy atom. The number of esters is 1. The first-order valence-corrected chi connectivity index (χ1v) is 11.0. The predicted molar refractivity (Wildman–Crippen MR) is 116 cm³/mol. The molecule has 0 spiro atoms. The van der Waals surface area contributed by atoms with Crippen LogP contribution in [0.3, 0.4) is 0 Å². The average Bonchev–Trinajstić information content (AvgIpc) is 2.71. The molecule has 0 atom stereocenters. The molecule has 0 unspecified atom stereocenters. The molecule has 0 saturated carbocycles. The molecule has 2 amide bonds. The van der Waals surface area contributed by atoms with E-state index in [1.165, 1.54) is 11.8 Å². The maximum atomic E-state index is 13.1. The van der Waals surface area contributed by atoms with E-state index in [9.17, 15) is 14.4 Å². The number of nitrogens with zero attached hydrogens (tertiary/aromatic N) is 2. The van der Waals surface area contributed by atoms with E-state index in [4.69, 9.17) is 4.74 Å². The summed E-state index contributed by atoms with van der Waals surface area (Å²) >= 11 is 1.32. The molecule has 1 aromatic heterocycles. The van der Waals surface area contributed by atoms with Gasteiger partial charge in [-0.05, 0) is 31.4 Å². The van der Waals surface area contributed by atoms with E-state index in [0.717, 1.165) is 6.42 Å². The first kappa shape index (κ1) is 21.9. The monoisotopic (exact) mass is 430 g/mol. The van der Waals surface area contributed by atoms with Crippen LogP contribution in [0.5, 0.6) is 0 Å². The van der Waals surface area contributed by atoms with Gasteiger partial charge in [-0.2, -0.15) is 0 Å². The van der Waals surface area contributed by atoms with E-state index >= 15 is 0 Å². The Balaban J connectivity index is 1.95. The summed E-state index contributed by atoms with van der Waals surface area (Å²) in [7, 11) is 0. The van der Waals surface area contributed by atoms with E-state index in [-0.39, 0.29) is 30.5 Å². The SMILES string of the molecule is CCOC(=O)C1=C(CSc2nc3ccccc3c(=O)n2CCC(C)C)NC(=O)NC1. The molecule has 3 rings (SSSR count). The van der Waals surface area contributed by atoms with E-state index in [1.54, 1.807) is 17.6 Å². The number of rotatable bonds is 8. The van der Waals surface area contributed by atoms with Gasteiger partial charge < -0.3 is 15.4 Å². The summed E-state index contributed by atoms with van der Waals surface area (Å²) in [5, 5.41) is 6.41. The highest BCUT2D eigenvalue weighted by Gasteiger charge is 2.24. The van der Waals surface area contributed by atoms with Crippen molar-refractivity contribution >= 4 is 34.7 Å². The van der Waals surface area contributed by atoms with Crippen LogP contribution in [0.25, 0.3) is 10.9 Å². The second-order valence-corrected chi connectivity index (χ2v) is 8.27. The summed E-state index contributed by atoms with van der Waals surface area (Å²) in [5.74, 6) is 0.251. The summed E-state index contributed by atoms with van der Waals surface area (Å²) in [5.41, 5.74) is 1.39. The van der Waals surface area contributed by atoms with Crippen molar-refractivity contribution in [3.8, 4) is 0 Å². The fourth-order valence-electron chi connectivity index (χ4n) is 3.05. The molecule has 8 nitrogen and oxygen atoms in total. The number of carbonyl (C=O) groups is 2. The third kappa shape index (κ3) is 5.02. The van der Waals surface area contributed by atoms with Crippen molar-refractivity contribution in [3.05, 3.63) is 45.9 Å². The summed E-state index contributed by atoms with van der Waals surface area (Å²) in [6.45, 7) is 6.84. The van der Waals surface area contributed by atoms with Crippen molar-refractivity contribution in [3.63, 3.8) is 0 Å². The number of thioether (sulfide) groups is 1. The second kappa shape index (κ2) is 9.80. The predicted octanol–water partition coefficient (Wildman–Crippen LogP) is 2.66. The van der Waals surface area contributed by atoms with Gasteiger partial charge in [0.1, 0.15) is 0 Å². The molecule has 0 saturated heterocycles. The number of para-hydroxylation sites is 1. The molecule has 9 heteroatoms. The number of benzene rings is 1. The molecule has 0 radical (unpaired) electrons. The molecule has 2 N–H and O–H groups in total. The number of ether oxygens (including phenoxy) is 1. The van der Waals surface area contributed by atoms with Gasteiger partial charge in [0.15, 0.2) is 5.16 Å². The maximum absolute atomic E-state index is 13.1. The van der Waals surface area contributed by atoms with Crippen LogP contribution in [0.2, 0.25) is 0 Å². The van der Waals surface area contributed by atoms with Gasteiger partial charge in [0, 0.05) is 18.0 Å². The molecule has 160 valence electrons. The first-order valence-electron chi connectivity index (χ1n) is 9.97. The van der Waals surface area contributed by atoms with Gasteiger partial charge in [-0.25, -0.2) is 14.6 Å². The highest BCUT2D eigenvalue weighted by Crippen LogP contribution is 2.22. The lowest BCUT2D eigenvalue weighted by Gasteiger charge is -2.21. The molecule has 1 aliphatic rings. The number of hydrogen-bond acceptors (Lipinski definition) is 6. The maximum Gasteiger partial charge on any atom is 0.337 e. The van der Waals surface area contributed by atoms with Crippen LogP contribution in [0.4, 0.5) is 4.79 Å². The molecule has 0 fully saturated rings. The molecule has 30 heavy (non-hydrogen) atoms. The molecule has 2 aromatic rings. The summed E-state index contributed by atoms with van der Waals surface area (Å²) in [4.78, 5) is 41.8. The Morgan fingerprint density at radius 3 is 2.80 bits per heavy atom. The van der Waals surface area contributed by atoms with Crippen LogP contribution < -0.4 is 16.2 Å². The van der Waals surface area contributed by atoms with Gasteiger partial charge in [-0.15, -0.1) is 0 Å². The van der Waals surface area contributed by atoms with Crippen LogP contribution in [0.15, 0.2) is 45.5 Å². The van der Waals surface area contributed by atoms with Crippen LogP contribution in [0.1, 0.15) is 27.2 Å². The van der Waals surface area contributed by atoms with Gasteiger partial charge in [-0.1, -0.05) is 37.7 Å². The molecule has 1 aromatic carbocycles. The summed E-state index contributed by atoms with van der Waals surface area (Å²) in [6.07, 6.45) is 0.838. The largest absolute Gasteiger partial charge is 0.463 e. The summed E-state index contributed by atoms with van der Waals surface area (Å²) < 4.78 is 6.78.